The monoisotopic (exact) mass is 322 g/mol. The Hall–Kier alpha value is -1.56. The van der Waals surface area contributed by atoms with Crippen molar-refractivity contribution >= 4 is 27.1 Å². The zero-order valence-corrected chi connectivity index (χ0v) is 13.4. The number of carbonyl (C=O) groups excluding carboxylic acids is 1. The van der Waals surface area contributed by atoms with E-state index in [1.54, 1.807) is 0 Å². The molecule has 0 radical (unpaired) electrons. The molecule has 2 saturated heterocycles. The van der Waals surface area contributed by atoms with Crippen LogP contribution < -0.4 is 10.2 Å². The van der Waals surface area contributed by atoms with Crippen LogP contribution >= 0.6 is 0 Å². The maximum absolute atomic E-state index is 12.0. The van der Waals surface area contributed by atoms with Gasteiger partial charge in [-0.1, -0.05) is 0 Å². The van der Waals surface area contributed by atoms with E-state index >= 15 is 0 Å². The van der Waals surface area contributed by atoms with Gasteiger partial charge in [-0.2, -0.15) is 0 Å². The maximum Gasteiger partial charge on any atom is 0.224 e. The van der Waals surface area contributed by atoms with Gasteiger partial charge in [0.05, 0.1) is 11.5 Å². The van der Waals surface area contributed by atoms with Crippen molar-refractivity contribution in [3.63, 3.8) is 0 Å². The van der Waals surface area contributed by atoms with E-state index < -0.39 is 9.84 Å². The van der Waals surface area contributed by atoms with Crippen LogP contribution in [-0.4, -0.2) is 38.9 Å². The number of anilines is 2. The molecule has 1 amide bonds. The lowest BCUT2D eigenvalue weighted by Gasteiger charge is -2.18. The van der Waals surface area contributed by atoms with Crippen LogP contribution in [0.2, 0.25) is 0 Å². The zero-order valence-electron chi connectivity index (χ0n) is 12.6. The van der Waals surface area contributed by atoms with Crippen LogP contribution in [-0.2, 0) is 14.6 Å². The summed E-state index contributed by atoms with van der Waals surface area (Å²) >= 11 is 0. The van der Waals surface area contributed by atoms with Gasteiger partial charge in [0.1, 0.15) is 0 Å². The molecule has 6 heteroatoms. The normalized spacial score (nSPS) is 23.6. The van der Waals surface area contributed by atoms with Crippen molar-refractivity contribution in [2.45, 2.75) is 25.7 Å². The number of nitrogens with one attached hydrogen (secondary N) is 1. The van der Waals surface area contributed by atoms with E-state index in [0.717, 1.165) is 18.8 Å². The Labute approximate surface area is 131 Å². The SMILES string of the molecule is O=C(C[C@H]1CCS(=O)(=O)C1)Nc1ccc(N2CCCC2)cc1. The molecule has 3 rings (SSSR count). The molecule has 2 aliphatic heterocycles. The van der Waals surface area contributed by atoms with Crippen LogP contribution in [0.4, 0.5) is 11.4 Å². The summed E-state index contributed by atoms with van der Waals surface area (Å²) in [6.07, 6.45) is 3.36. The number of rotatable bonds is 4. The van der Waals surface area contributed by atoms with E-state index in [4.69, 9.17) is 0 Å². The van der Waals surface area contributed by atoms with Gasteiger partial charge in [0, 0.05) is 30.9 Å². The molecule has 5 nitrogen and oxygen atoms in total. The molecule has 2 aliphatic rings. The van der Waals surface area contributed by atoms with Crippen molar-refractivity contribution in [3.05, 3.63) is 24.3 Å². The first-order valence-corrected chi connectivity index (χ1v) is 9.69. The highest BCUT2D eigenvalue weighted by molar-refractivity contribution is 7.91. The lowest BCUT2D eigenvalue weighted by atomic mass is 10.1. The molecule has 1 aromatic rings. The predicted molar refractivity (Wildman–Crippen MR) is 87.9 cm³/mol. The number of hydrogen-bond donors (Lipinski definition) is 1. The van der Waals surface area contributed by atoms with Gasteiger partial charge in [0.2, 0.25) is 5.91 Å². The summed E-state index contributed by atoms with van der Waals surface area (Å²) < 4.78 is 22.8. The summed E-state index contributed by atoms with van der Waals surface area (Å²) in [7, 11) is -2.91. The fourth-order valence-electron chi connectivity index (χ4n) is 3.24. The number of benzene rings is 1. The molecule has 0 aromatic heterocycles. The Kier molecular flexibility index (Phi) is 4.38. The average Bonchev–Trinajstić information content (AvgIpc) is 3.09. The average molecular weight is 322 g/mol. The van der Waals surface area contributed by atoms with Gasteiger partial charge in [0.25, 0.3) is 0 Å². The second-order valence-electron chi connectivity index (χ2n) is 6.26. The molecule has 1 aromatic carbocycles. The van der Waals surface area contributed by atoms with Crippen molar-refractivity contribution in [3.8, 4) is 0 Å². The lowest BCUT2D eigenvalue weighted by molar-refractivity contribution is -0.116. The summed E-state index contributed by atoms with van der Waals surface area (Å²) in [4.78, 5) is 14.3. The third-order valence-electron chi connectivity index (χ3n) is 4.42. The van der Waals surface area contributed by atoms with Crippen LogP contribution in [0.15, 0.2) is 24.3 Å². The van der Waals surface area contributed by atoms with Crippen LogP contribution in [0.5, 0.6) is 0 Å². The maximum atomic E-state index is 12.0. The first-order chi connectivity index (χ1) is 10.5. The number of hydrogen-bond acceptors (Lipinski definition) is 4. The molecule has 0 bridgehead atoms. The number of nitrogens with zero attached hydrogens (tertiary/aromatic N) is 1. The Bertz CT molecular complexity index is 634. The minimum Gasteiger partial charge on any atom is -0.372 e. The van der Waals surface area contributed by atoms with Crippen molar-refractivity contribution in [1.82, 2.24) is 0 Å². The fourth-order valence-corrected chi connectivity index (χ4v) is 5.10. The van der Waals surface area contributed by atoms with E-state index in [0.29, 0.717) is 6.42 Å². The predicted octanol–water partition coefficient (Wildman–Crippen LogP) is 2.05. The zero-order chi connectivity index (χ0) is 15.6. The van der Waals surface area contributed by atoms with Crippen molar-refractivity contribution < 1.29 is 13.2 Å². The Morgan fingerprint density at radius 1 is 1.18 bits per heavy atom. The highest BCUT2D eigenvalue weighted by atomic mass is 32.2. The second-order valence-corrected chi connectivity index (χ2v) is 8.49. The van der Waals surface area contributed by atoms with E-state index in [1.165, 1.54) is 18.5 Å². The molecular weight excluding hydrogens is 300 g/mol. The van der Waals surface area contributed by atoms with Crippen LogP contribution in [0.25, 0.3) is 0 Å². The van der Waals surface area contributed by atoms with Gasteiger partial charge in [-0.3, -0.25) is 4.79 Å². The topological polar surface area (TPSA) is 66.5 Å². The molecular formula is C16H22N2O3S. The number of amides is 1. The molecule has 120 valence electrons. The smallest absolute Gasteiger partial charge is 0.224 e. The second kappa shape index (κ2) is 6.28. The molecule has 1 N–H and O–H groups in total. The van der Waals surface area contributed by atoms with Crippen LogP contribution in [0.3, 0.4) is 0 Å². The fraction of sp³-hybridized carbons (Fsp3) is 0.562. The summed E-state index contributed by atoms with van der Waals surface area (Å²) in [5.74, 6) is 0.231. The van der Waals surface area contributed by atoms with Gasteiger partial charge >= 0.3 is 0 Å². The standard InChI is InChI=1S/C16H22N2O3S/c19-16(11-13-7-10-22(20,21)12-13)17-14-3-5-15(6-4-14)18-8-1-2-9-18/h3-6,13H,1-2,7-12H2,(H,17,19)/t13-/m1/s1. The summed E-state index contributed by atoms with van der Waals surface area (Å²) in [6.45, 7) is 2.20. The minimum absolute atomic E-state index is 0.0335. The van der Waals surface area contributed by atoms with E-state index in [-0.39, 0.29) is 29.8 Å². The van der Waals surface area contributed by atoms with Crippen LogP contribution in [0, 0.1) is 5.92 Å². The molecule has 0 saturated carbocycles. The van der Waals surface area contributed by atoms with Crippen molar-refractivity contribution in [2.75, 3.05) is 34.8 Å². The molecule has 2 fully saturated rings. The summed E-state index contributed by atoms with van der Waals surface area (Å²) in [5, 5.41) is 2.86. The molecule has 1 atom stereocenters. The molecule has 0 unspecified atom stereocenters. The summed E-state index contributed by atoms with van der Waals surface area (Å²) in [5.41, 5.74) is 1.96. The molecule has 0 spiro atoms. The number of carbonyl (C=O) groups is 1. The Balaban J connectivity index is 1.53. The number of sulfone groups is 1. The molecule has 22 heavy (non-hydrogen) atoms. The van der Waals surface area contributed by atoms with Crippen molar-refractivity contribution in [1.29, 1.82) is 0 Å². The van der Waals surface area contributed by atoms with E-state index in [9.17, 15) is 13.2 Å². The van der Waals surface area contributed by atoms with Gasteiger partial charge in [-0.05, 0) is 49.4 Å². The third kappa shape index (κ3) is 3.80. The third-order valence-corrected chi connectivity index (χ3v) is 6.26. The Morgan fingerprint density at radius 3 is 2.45 bits per heavy atom. The largest absolute Gasteiger partial charge is 0.372 e. The quantitative estimate of drug-likeness (QED) is 0.921. The highest BCUT2D eigenvalue weighted by Gasteiger charge is 2.29. The Morgan fingerprint density at radius 2 is 1.86 bits per heavy atom. The van der Waals surface area contributed by atoms with Gasteiger partial charge < -0.3 is 10.2 Å². The van der Waals surface area contributed by atoms with Gasteiger partial charge in [-0.15, -0.1) is 0 Å². The van der Waals surface area contributed by atoms with Gasteiger partial charge in [0.15, 0.2) is 9.84 Å². The van der Waals surface area contributed by atoms with Crippen LogP contribution in [0.1, 0.15) is 25.7 Å². The highest BCUT2D eigenvalue weighted by Crippen LogP contribution is 2.24. The summed E-state index contributed by atoms with van der Waals surface area (Å²) in [6, 6.07) is 7.88. The van der Waals surface area contributed by atoms with E-state index in [2.05, 4.69) is 10.2 Å². The van der Waals surface area contributed by atoms with Crippen molar-refractivity contribution in [2.24, 2.45) is 5.92 Å². The van der Waals surface area contributed by atoms with E-state index in [1.807, 2.05) is 24.3 Å². The first-order valence-electron chi connectivity index (χ1n) is 7.87. The molecule has 0 aliphatic carbocycles. The first kappa shape index (κ1) is 15.3. The lowest BCUT2D eigenvalue weighted by Crippen LogP contribution is -2.18. The van der Waals surface area contributed by atoms with Gasteiger partial charge in [-0.25, -0.2) is 8.42 Å². The minimum atomic E-state index is -2.91. The molecule has 2 heterocycles.